The highest BCUT2D eigenvalue weighted by molar-refractivity contribution is 6.17. The molecule has 0 atom stereocenters. The fourth-order valence-corrected chi connectivity index (χ4v) is 2.50. The molecule has 1 rings (SSSR count). The maximum absolute atomic E-state index is 11.8. The SMILES string of the molecule is CN(C(=O)CCCCl)C1CCC(C)(C)CC1. The van der Waals surface area contributed by atoms with E-state index in [-0.39, 0.29) is 5.91 Å². The van der Waals surface area contributed by atoms with Gasteiger partial charge < -0.3 is 4.90 Å². The molecule has 16 heavy (non-hydrogen) atoms. The smallest absolute Gasteiger partial charge is 0.222 e. The molecule has 3 heteroatoms. The number of rotatable bonds is 4. The molecule has 0 aromatic heterocycles. The van der Waals surface area contributed by atoms with Crippen LogP contribution in [0.25, 0.3) is 0 Å². The van der Waals surface area contributed by atoms with Gasteiger partial charge in [0, 0.05) is 25.4 Å². The zero-order chi connectivity index (χ0) is 12.2. The van der Waals surface area contributed by atoms with Crippen LogP contribution in [0.3, 0.4) is 0 Å². The quantitative estimate of drug-likeness (QED) is 0.695. The van der Waals surface area contributed by atoms with Crippen molar-refractivity contribution in [3.8, 4) is 0 Å². The van der Waals surface area contributed by atoms with Crippen LogP contribution in [-0.4, -0.2) is 29.8 Å². The fraction of sp³-hybridized carbons (Fsp3) is 0.923. The molecule has 0 unspecified atom stereocenters. The summed E-state index contributed by atoms with van der Waals surface area (Å²) in [5.41, 5.74) is 0.469. The van der Waals surface area contributed by atoms with Crippen molar-refractivity contribution in [2.45, 2.75) is 58.4 Å². The van der Waals surface area contributed by atoms with Gasteiger partial charge in [0.15, 0.2) is 0 Å². The summed E-state index contributed by atoms with van der Waals surface area (Å²) in [7, 11) is 1.94. The Labute approximate surface area is 104 Å². The number of hydrogen-bond donors (Lipinski definition) is 0. The van der Waals surface area contributed by atoms with E-state index in [0.29, 0.717) is 23.8 Å². The highest BCUT2D eigenvalue weighted by Crippen LogP contribution is 2.36. The van der Waals surface area contributed by atoms with Gasteiger partial charge in [-0.2, -0.15) is 0 Å². The molecule has 0 heterocycles. The molecule has 0 bridgehead atoms. The minimum atomic E-state index is 0.255. The molecular weight excluding hydrogens is 222 g/mol. The van der Waals surface area contributed by atoms with E-state index in [9.17, 15) is 4.79 Å². The molecule has 2 nitrogen and oxygen atoms in total. The predicted octanol–water partition coefficient (Wildman–Crippen LogP) is 3.43. The average Bonchev–Trinajstić information content (AvgIpc) is 2.25. The summed E-state index contributed by atoms with van der Waals surface area (Å²) < 4.78 is 0. The molecule has 0 aliphatic heterocycles. The Morgan fingerprint density at radius 1 is 1.38 bits per heavy atom. The lowest BCUT2D eigenvalue weighted by Crippen LogP contribution is -2.40. The largest absolute Gasteiger partial charge is 0.343 e. The van der Waals surface area contributed by atoms with E-state index in [1.165, 1.54) is 12.8 Å². The topological polar surface area (TPSA) is 20.3 Å². The molecule has 1 fully saturated rings. The minimum Gasteiger partial charge on any atom is -0.343 e. The van der Waals surface area contributed by atoms with E-state index >= 15 is 0 Å². The third kappa shape index (κ3) is 3.97. The summed E-state index contributed by atoms with van der Waals surface area (Å²) in [4.78, 5) is 13.8. The number of halogens is 1. The number of carbonyl (C=O) groups excluding carboxylic acids is 1. The van der Waals surface area contributed by atoms with Gasteiger partial charge in [-0.1, -0.05) is 13.8 Å². The van der Waals surface area contributed by atoms with Crippen molar-refractivity contribution in [2.24, 2.45) is 5.41 Å². The van der Waals surface area contributed by atoms with Crippen molar-refractivity contribution in [3.05, 3.63) is 0 Å². The number of carbonyl (C=O) groups is 1. The first-order chi connectivity index (χ1) is 7.46. The van der Waals surface area contributed by atoms with Gasteiger partial charge in [-0.15, -0.1) is 11.6 Å². The van der Waals surface area contributed by atoms with Gasteiger partial charge in [0.25, 0.3) is 0 Å². The Bertz CT molecular complexity index is 230. The number of hydrogen-bond acceptors (Lipinski definition) is 1. The third-order valence-electron chi connectivity index (χ3n) is 3.77. The summed E-state index contributed by atoms with van der Waals surface area (Å²) in [6, 6.07) is 0.454. The van der Waals surface area contributed by atoms with Crippen molar-refractivity contribution in [1.29, 1.82) is 0 Å². The standard InChI is InChI=1S/C13H24ClNO/c1-13(2)8-6-11(7-9-13)15(3)12(16)5-4-10-14/h11H,4-10H2,1-3H3. The van der Waals surface area contributed by atoms with Crippen LogP contribution < -0.4 is 0 Å². The first kappa shape index (κ1) is 13.8. The molecule has 1 saturated carbocycles. The zero-order valence-corrected chi connectivity index (χ0v) is 11.5. The lowest BCUT2D eigenvalue weighted by atomic mass is 9.75. The van der Waals surface area contributed by atoms with Crippen LogP contribution in [0.5, 0.6) is 0 Å². The summed E-state index contributed by atoms with van der Waals surface area (Å²) in [5.74, 6) is 0.836. The summed E-state index contributed by atoms with van der Waals surface area (Å²) >= 11 is 5.60. The second-order valence-electron chi connectivity index (χ2n) is 5.69. The Balaban J connectivity index is 2.38. The van der Waals surface area contributed by atoms with Crippen molar-refractivity contribution >= 4 is 17.5 Å². The van der Waals surface area contributed by atoms with Crippen molar-refractivity contribution in [1.82, 2.24) is 4.90 Å². The van der Waals surface area contributed by atoms with Gasteiger partial charge in [0.1, 0.15) is 0 Å². The van der Waals surface area contributed by atoms with E-state index in [4.69, 9.17) is 11.6 Å². The maximum atomic E-state index is 11.8. The van der Waals surface area contributed by atoms with Crippen molar-refractivity contribution in [2.75, 3.05) is 12.9 Å². The molecule has 0 N–H and O–H groups in total. The molecule has 0 aromatic rings. The summed E-state index contributed by atoms with van der Waals surface area (Å²) in [6.45, 7) is 4.64. The maximum Gasteiger partial charge on any atom is 0.222 e. The van der Waals surface area contributed by atoms with Gasteiger partial charge in [0.05, 0.1) is 0 Å². The van der Waals surface area contributed by atoms with E-state index < -0.39 is 0 Å². The fourth-order valence-electron chi connectivity index (χ4n) is 2.37. The lowest BCUT2D eigenvalue weighted by molar-refractivity contribution is -0.133. The third-order valence-corrected chi connectivity index (χ3v) is 4.04. The molecule has 0 radical (unpaired) electrons. The van der Waals surface area contributed by atoms with E-state index in [2.05, 4.69) is 13.8 Å². The van der Waals surface area contributed by atoms with Crippen LogP contribution >= 0.6 is 11.6 Å². The van der Waals surface area contributed by atoms with E-state index in [0.717, 1.165) is 19.3 Å². The number of amides is 1. The first-order valence-electron chi connectivity index (χ1n) is 6.28. The summed E-state index contributed by atoms with van der Waals surface area (Å²) in [5, 5.41) is 0. The predicted molar refractivity (Wildman–Crippen MR) is 68.8 cm³/mol. The Morgan fingerprint density at radius 2 is 1.94 bits per heavy atom. The van der Waals surface area contributed by atoms with Crippen molar-refractivity contribution in [3.63, 3.8) is 0 Å². The lowest BCUT2D eigenvalue weighted by Gasteiger charge is -2.38. The van der Waals surface area contributed by atoms with Crippen LogP contribution in [0.4, 0.5) is 0 Å². The van der Waals surface area contributed by atoms with Gasteiger partial charge in [-0.05, 0) is 37.5 Å². The van der Waals surface area contributed by atoms with Gasteiger partial charge in [-0.3, -0.25) is 4.79 Å². The van der Waals surface area contributed by atoms with Crippen LogP contribution in [0.2, 0.25) is 0 Å². The Hall–Kier alpha value is -0.240. The molecule has 94 valence electrons. The Kier molecular flexibility index (Phi) is 5.10. The molecule has 1 amide bonds. The van der Waals surface area contributed by atoms with Crippen LogP contribution in [0, 0.1) is 5.41 Å². The second-order valence-corrected chi connectivity index (χ2v) is 6.07. The zero-order valence-electron chi connectivity index (χ0n) is 10.8. The van der Waals surface area contributed by atoms with Crippen LogP contribution in [-0.2, 0) is 4.79 Å². The van der Waals surface area contributed by atoms with Gasteiger partial charge in [0.2, 0.25) is 5.91 Å². The normalized spacial score (nSPS) is 20.8. The van der Waals surface area contributed by atoms with E-state index in [1.807, 2.05) is 11.9 Å². The highest BCUT2D eigenvalue weighted by Gasteiger charge is 2.30. The highest BCUT2D eigenvalue weighted by atomic mass is 35.5. The molecule has 1 aliphatic rings. The van der Waals surface area contributed by atoms with Crippen LogP contribution in [0.15, 0.2) is 0 Å². The number of alkyl halides is 1. The molecule has 0 aromatic carbocycles. The average molecular weight is 246 g/mol. The van der Waals surface area contributed by atoms with Crippen molar-refractivity contribution < 1.29 is 4.79 Å². The number of nitrogens with zero attached hydrogens (tertiary/aromatic N) is 1. The molecular formula is C13H24ClNO. The summed E-state index contributed by atoms with van der Waals surface area (Å²) in [6.07, 6.45) is 6.14. The van der Waals surface area contributed by atoms with Gasteiger partial charge >= 0.3 is 0 Å². The first-order valence-corrected chi connectivity index (χ1v) is 6.81. The molecule has 0 saturated heterocycles. The molecule has 0 spiro atoms. The van der Waals surface area contributed by atoms with Crippen LogP contribution in [0.1, 0.15) is 52.4 Å². The van der Waals surface area contributed by atoms with Gasteiger partial charge in [-0.25, -0.2) is 0 Å². The monoisotopic (exact) mass is 245 g/mol. The minimum absolute atomic E-state index is 0.255. The Morgan fingerprint density at radius 3 is 2.44 bits per heavy atom. The van der Waals surface area contributed by atoms with E-state index in [1.54, 1.807) is 0 Å². The molecule has 1 aliphatic carbocycles. The second kappa shape index (κ2) is 5.90.